The number of hydrogen-bond donors (Lipinski definition) is 0. The van der Waals surface area contributed by atoms with Crippen LogP contribution in [0.15, 0.2) is 11.6 Å². The van der Waals surface area contributed by atoms with E-state index in [1.165, 1.54) is 5.57 Å². The van der Waals surface area contributed by atoms with Gasteiger partial charge in [0.15, 0.2) is 11.9 Å². The molecular formula is C24H34O4. The molecule has 0 bridgehead atoms. The summed E-state index contributed by atoms with van der Waals surface area (Å²) >= 11 is 0. The normalized spacial score (nSPS) is 44.8. The lowest BCUT2D eigenvalue weighted by molar-refractivity contribution is -0.158. The second kappa shape index (κ2) is 6.81. The number of rotatable bonds is 3. The summed E-state index contributed by atoms with van der Waals surface area (Å²) in [5.41, 5.74) is 1.35. The highest BCUT2D eigenvalue weighted by molar-refractivity contribution is 5.96. The topological polar surface area (TPSA) is 60.4 Å². The zero-order chi connectivity index (χ0) is 20.3. The highest BCUT2D eigenvalue weighted by Gasteiger charge is 2.60. The Morgan fingerprint density at radius 1 is 1.14 bits per heavy atom. The van der Waals surface area contributed by atoms with Crippen LogP contribution in [0.3, 0.4) is 0 Å². The van der Waals surface area contributed by atoms with Crippen LogP contribution in [-0.4, -0.2) is 23.6 Å². The Hall–Kier alpha value is -1.45. The number of Topliss-reactive ketones (excluding diaryl/α,β-unsaturated/α-hetero) is 1. The summed E-state index contributed by atoms with van der Waals surface area (Å²) in [6.07, 6.45) is 8.60. The Bertz CT molecular complexity index is 737. The van der Waals surface area contributed by atoms with E-state index in [9.17, 15) is 14.4 Å². The van der Waals surface area contributed by atoms with E-state index in [4.69, 9.17) is 4.74 Å². The fourth-order valence-electron chi connectivity index (χ4n) is 7.61. The van der Waals surface area contributed by atoms with Crippen molar-refractivity contribution in [2.24, 2.45) is 34.5 Å². The molecule has 0 N–H and O–H groups in total. The minimum absolute atomic E-state index is 0.0362. The Balaban J connectivity index is 1.62. The van der Waals surface area contributed by atoms with Crippen LogP contribution in [0.1, 0.15) is 79.1 Å². The monoisotopic (exact) mass is 386 g/mol. The Labute approximate surface area is 168 Å². The van der Waals surface area contributed by atoms with Crippen LogP contribution in [0.5, 0.6) is 0 Å². The molecule has 0 aromatic heterocycles. The molecule has 0 saturated heterocycles. The molecule has 0 aromatic carbocycles. The van der Waals surface area contributed by atoms with Crippen LogP contribution in [0.2, 0.25) is 0 Å². The maximum absolute atomic E-state index is 12.6. The van der Waals surface area contributed by atoms with E-state index in [0.717, 1.165) is 38.5 Å². The smallest absolute Gasteiger partial charge is 0.306 e. The van der Waals surface area contributed by atoms with Gasteiger partial charge in [0.2, 0.25) is 0 Å². The predicted molar refractivity (Wildman–Crippen MR) is 106 cm³/mol. The first-order valence-electron chi connectivity index (χ1n) is 11.2. The number of esters is 1. The summed E-state index contributed by atoms with van der Waals surface area (Å²) in [5.74, 6) is 1.99. The van der Waals surface area contributed by atoms with Crippen molar-refractivity contribution in [1.29, 1.82) is 0 Å². The molecule has 1 unspecified atom stereocenters. The number of ketones is 2. The van der Waals surface area contributed by atoms with Gasteiger partial charge in [0.25, 0.3) is 0 Å². The average molecular weight is 387 g/mol. The Morgan fingerprint density at radius 3 is 2.57 bits per heavy atom. The summed E-state index contributed by atoms with van der Waals surface area (Å²) in [6, 6.07) is 0. The third kappa shape index (κ3) is 2.81. The standard InChI is InChI=1S/C24H34O4/c1-5-22(27)28-21-13-24(4)15(12-20(21)26)6-7-16-18-9-8-17(14(2)25)23(18,3)11-10-19(16)24/h12,16-19,21H,5-11,13H2,1-4H3/t16-,17+,18-,19-,21?,23+,24-/m0/s1. The molecule has 28 heavy (non-hydrogen) atoms. The molecule has 0 amide bonds. The molecular weight excluding hydrogens is 352 g/mol. The second-order valence-electron chi connectivity index (χ2n) is 10.2. The number of fused-ring (bicyclic) bond motifs is 5. The largest absolute Gasteiger partial charge is 0.454 e. The molecule has 0 radical (unpaired) electrons. The molecule has 7 atom stereocenters. The van der Waals surface area contributed by atoms with Crippen molar-refractivity contribution in [3.63, 3.8) is 0 Å². The van der Waals surface area contributed by atoms with Crippen molar-refractivity contribution < 1.29 is 19.1 Å². The van der Waals surface area contributed by atoms with Crippen LogP contribution in [0.4, 0.5) is 0 Å². The molecule has 0 heterocycles. The zero-order valence-corrected chi connectivity index (χ0v) is 17.8. The van der Waals surface area contributed by atoms with Crippen molar-refractivity contribution in [3.8, 4) is 0 Å². The van der Waals surface area contributed by atoms with Crippen LogP contribution in [-0.2, 0) is 19.1 Å². The van der Waals surface area contributed by atoms with E-state index in [0.29, 0.717) is 36.4 Å². The van der Waals surface area contributed by atoms with Gasteiger partial charge in [-0.15, -0.1) is 0 Å². The highest BCUT2D eigenvalue weighted by Crippen LogP contribution is 2.66. The molecule has 0 aromatic rings. The van der Waals surface area contributed by atoms with Crippen LogP contribution < -0.4 is 0 Å². The Morgan fingerprint density at radius 2 is 1.89 bits per heavy atom. The predicted octanol–water partition coefficient (Wildman–Crippen LogP) is 4.66. The fourth-order valence-corrected chi connectivity index (χ4v) is 7.61. The fraction of sp³-hybridized carbons (Fsp3) is 0.792. The Kier molecular flexibility index (Phi) is 4.83. The number of allylic oxidation sites excluding steroid dienone is 1. The number of hydrogen-bond acceptors (Lipinski definition) is 4. The van der Waals surface area contributed by atoms with Gasteiger partial charge >= 0.3 is 5.97 Å². The number of carbonyl (C=O) groups excluding carboxylic acids is 3. The molecule has 4 nitrogen and oxygen atoms in total. The van der Waals surface area contributed by atoms with E-state index in [-0.39, 0.29) is 28.5 Å². The van der Waals surface area contributed by atoms with Crippen molar-refractivity contribution in [2.45, 2.75) is 85.2 Å². The highest BCUT2D eigenvalue weighted by atomic mass is 16.5. The summed E-state index contributed by atoms with van der Waals surface area (Å²) in [7, 11) is 0. The van der Waals surface area contributed by atoms with Crippen molar-refractivity contribution in [2.75, 3.05) is 0 Å². The molecule has 3 saturated carbocycles. The maximum Gasteiger partial charge on any atom is 0.306 e. The molecule has 4 aliphatic rings. The van der Waals surface area contributed by atoms with Gasteiger partial charge in [0.05, 0.1) is 0 Å². The van der Waals surface area contributed by atoms with Crippen LogP contribution in [0.25, 0.3) is 0 Å². The SMILES string of the molecule is CCC(=O)OC1C[C@@]2(C)C(=CC1=O)CC[C@H]1[C@@H]3CC[C@H](C(C)=O)[C@@]3(C)CC[C@@H]12. The summed E-state index contributed by atoms with van der Waals surface area (Å²) in [4.78, 5) is 36.7. The first-order valence-corrected chi connectivity index (χ1v) is 11.2. The summed E-state index contributed by atoms with van der Waals surface area (Å²) in [6.45, 7) is 8.20. The quantitative estimate of drug-likeness (QED) is 0.662. The van der Waals surface area contributed by atoms with Gasteiger partial charge in [-0.25, -0.2) is 0 Å². The van der Waals surface area contributed by atoms with E-state index >= 15 is 0 Å². The first kappa shape index (κ1) is 19.8. The summed E-state index contributed by atoms with van der Waals surface area (Å²) in [5, 5.41) is 0. The van der Waals surface area contributed by atoms with Crippen molar-refractivity contribution in [3.05, 3.63) is 11.6 Å². The average Bonchev–Trinajstić information content (AvgIpc) is 3.00. The van der Waals surface area contributed by atoms with Gasteiger partial charge < -0.3 is 4.74 Å². The number of carbonyl (C=O) groups is 3. The van der Waals surface area contributed by atoms with Gasteiger partial charge in [-0.2, -0.15) is 0 Å². The van der Waals surface area contributed by atoms with Crippen molar-refractivity contribution >= 4 is 17.5 Å². The third-order valence-corrected chi connectivity index (χ3v) is 9.03. The molecule has 4 rings (SSSR count). The molecule has 154 valence electrons. The summed E-state index contributed by atoms with van der Waals surface area (Å²) < 4.78 is 5.52. The van der Waals surface area contributed by atoms with Gasteiger partial charge in [0, 0.05) is 18.8 Å². The molecule has 0 spiro atoms. The van der Waals surface area contributed by atoms with Crippen LogP contribution >= 0.6 is 0 Å². The minimum atomic E-state index is -0.623. The lowest BCUT2D eigenvalue weighted by Gasteiger charge is -2.58. The minimum Gasteiger partial charge on any atom is -0.454 e. The van der Waals surface area contributed by atoms with Gasteiger partial charge in [-0.3, -0.25) is 14.4 Å². The lowest BCUT2D eigenvalue weighted by Crippen LogP contribution is -2.53. The second-order valence-corrected chi connectivity index (χ2v) is 10.2. The van der Waals surface area contributed by atoms with Gasteiger partial charge in [-0.1, -0.05) is 26.3 Å². The third-order valence-electron chi connectivity index (χ3n) is 9.03. The van der Waals surface area contributed by atoms with E-state index in [2.05, 4.69) is 13.8 Å². The van der Waals surface area contributed by atoms with E-state index in [1.54, 1.807) is 19.9 Å². The van der Waals surface area contributed by atoms with E-state index in [1.807, 2.05) is 0 Å². The first-order chi connectivity index (χ1) is 13.2. The lowest BCUT2D eigenvalue weighted by atomic mass is 9.46. The molecule has 0 aliphatic heterocycles. The maximum atomic E-state index is 12.6. The van der Waals surface area contributed by atoms with Crippen LogP contribution in [0, 0.1) is 34.5 Å². The number of ether oxygens (including phenoxy) is 1. The molecule has 3 fully saturated rings. The van der Waals surface area contributed by atoms with E-state index < -0.39 is 6.10 Å². The molecule has 4 aliphatic carbocycles. The van der Waals surface area contributed by atoms with Crippen molar-refractivity contribution in [1.82, 2.24) is 0 Å². The zero-order valence-electron chi connectivity index (χ0n) is 17.8. The van der Waals surface area contributed by atoms with Gasteiger partial charge in [0.1, 0.15) is 5.78 Å². The molecule has 4 heteroatoms. The van der Waals surface area contributed by atoms with Gasteiger partial charge in [-0.05, 0) is 80.1 Å².